The molecule has 56 valence electrons. The van der Waals surface area contributed by atoms with E-state index in [9.17, 15) is 0 Å². The summed E-state index contributed by atoms with van der Waals surface area (Å²) < 4.78 is 9.89. The minimum atomic E-state index is -0.727. The van der Waals surface area contributed by atoms with Crippen molar-refractivity contribution in [2.24, 2.45) is 5.73 Å². The topological polar surface area (TPSA) is 44.5 Å². The lowest BCUT2D eigenvalue weighted by atomic mass is 11.0. The van der Waals surface area contributed by atoms with Crippen molar-refractivity contribution < 1.29 is 9.47 Å². The van der Waals surface area contributed by atoms with Crippen LogP contribution in [0.15, 0.2) is 0 Å². The minimum absolute atomic E-state index is 0.427. The van der Waals surface area contributed by atoms with Crippen LogP contribution < -0.4 is 5.73 Å². The van der Waals surface area contributed by atoms with Crippen molar-refractivity contribution in [1.82, 2.24) is 0 Å². The molecule has 0 aliphatic heterocycles. The molecule has 0 aromatic carbocycles. The molecule has 2 N–H and O–H groups in total. The van der Waals surface area contributed by atoms with Crippen LogP contribution in [0.5, 0.6) is 0 Å². The van der Waals surface area contributed by atoms with E-state index in [1.54, 1.807) is 14.2 Å². The van der Waals surface area contributed by atoms with Crippen LogP contribution in [0.3, 0.4) is 0 Å². The van der Waals surface area contributed by atoms with Crippen molar-refractivity contribution in [1.29, 1.82) is 0 Å². The predicted octanol–water partition coefficient (Wildman–Crippen LogP) is -0.544. The summed E-state index contributed by atoms with van der Waals surface area (Å²) in [5, 5.41) is 0. The summed E-state index contributed by atoms with van der Waals surface area (Å²) in [6, 6.07) is 1.10. The summed E-state index contributed by atoms with van der Waals surface area (Å²) in [4.78, 5) is 0. The lowest BCUT2D eigenvalue weighted by Crippen LogP contribution is -2.49. The Bertz CT molecular complexity index is 75.4. The Balaban J connectivity index is 3.62. The molecule has 0 heterocycles. The van der Waals surface area contributed by atoms with Gasteiger partial charge in [-0.1, -0.05) is 13.0 Å². The standard InChI is InChI=1S/C5H15NO2Si/c1-4-9-5(6,7-2)8-3/h4,6,9H2,1-3H3. The molecular formula is C5H15NO2Si. The van der Waals surface area contributed by atoms with Gasteiger partial charge in [-0.15, -0.1) is 0 Å². The molecule has 0 rings (SSSR count). The molecule has 0 spiro atoms. The van der Waals surface area contributed by atoms with E-state index in [2.05, 4.69) is 6.92 Å². The Morgan fingerprint density at radius 3 is 2.00 bits per heavy atom. The number of rotatable bonds is 4. The van der Waals surface area contributed by atoms with E-state index < -0.39 is 15.1 Å². The fraction of sp³-hybridized carbons (Fsp3) is 1.00. The van der Waals surface area contributed by atoms with Crippen LogP contribution in [0.2, 0.25) is 6.04 Å². The highest BCUT2D eigenvalue weighted by molar-refractivity contribution is 6.38. The van der Waals surface area contributed by atoms with Gasteiger partial charge in [-0.25, -0.2) is 0 Å². The third-order valence-corrected chi connectivity index (χ3v) is 3.06. The molecule has 0 atom stereocenters. The Morgan fingerprint density at radius 1 is 1.44 bits per heavy atom. The van der Waals surface area contributed by atoms with Gasteiger partial charge < -0.3 is 9.47 Å². The van der Waals surface area contributed by atoms with Gasteiger partial charge >= 0.3 is 0 Å². The van der Waals surface area contributed by atoms with E-state index in [1.807, 2.05) is 0 Å². The van der Waals surface area contributed by atoms with Gasteiger partial charge in [0.1, 0.15) is 9.52 Å². The molecule has 3 nitrogen and oxygen atoms in total. The Kier molecular flexibility index (Phi) is 4.04. The highest BCUT2D eigenvalue weighted by Gasteiger charge is 2.21. The molecule has 0 aromatic rings. The van der Waals surface area contributed by atoms with Crippen molar-refractivity contribution in [3.63, 3.8) is 0 Å². The van der Waals surface area contributed by atoms with Crippen LogP contribution >= 0.6 is 0 Å². The fourth-order valence-corrected chi connectivity index (χ4v) is 1.74. The molecule has 9 heavy (non-hydrogen) atoms. The lowest BCUT2D eigenvalue weighted by molar-refractivity contribution is -0.139. The van der Waals surface area contributed by atoms with Crippen molar-refractivity contribution in [2.75, 3.05) is 14.2 Å². The van der Waals surface area contributed by atoms with Gasteiger partial charge in [-0.05, 0) is 0 Å². The zero-order chi connectivity index (χ0) is 7.33. The van der Waals surface area contributed by atoms with Gasteiger partial charge in [0.15, 0.2) is 5.53 Å². The lowest BCUT2D eigenvalue weighted by Gasteiger charge is -2.24. The predicted molar refractivity (Wildman–Crippen MR) is 40.0 cm³/mol. The van der Waals surface area contributed by atoms with Crippen LogP contribution in [0.25, 0.3) is 0 Å². The molecular weight excluding hydrogens is 134 g/mol. The van der Waals surface area contributed by atoms with Crippen LogP contribution in [0.1, 0.15) is 6.92 Å². The second-order valence-electron chi connectivity index (χ2n) is 1.97. The molecule has 0 aliphatic rings. The maximum absolute atomic E-state index is 5.62. The van der Waals surface area contributed by atoms with Crippen molar-refractivity contribution in [3.05, 3.63) is 0 Å². The molecule has 0 saturated heterocycles. The molecule has 0 aromatic heterocycles. The van der Waals surface area contributed by atoms with E-state index in [1.165, 1.54) is 0 Å². The van der Waals surface area contributed by atoms with E-state index in [0.717, 1.165) is 6.04 Å². The highest BCUT2D eigenvalue weighted by atomic mass is 28.2. The Labute approximate surface area is 58.3 Å². The number of methoxy groups -OCH3 is 2. The summed E-state index contributed by atoms with van der Waals surface area (Å²) in [7, 11) is 2.72. The normalized spacial score (nSPS) is 13.3. The summed E-state index contributed by atoms with van der Waals surface area (Å²) >= 11 is 0. The van der Waals surface area contributed by atoms with Gasteiger partial charge in [-0.2, -0.15) is 0 Å². The summed E-state index contributed by atoms with van der Waals surface area (Å²) in [6.45, 7) is 2.09. The van der Waals surface area contributed by atoms with E-state index in [4.69, 9.17) is 15.2 Å². The average Bonchev–Trinajstić information content (AvgIpc) is 1.89. The van der Waals surface area contributed by atoms with Gasteiger partial charge in [0.25, 0.3) is 0 Å². The maximum atomic E-state index is 5.62. The first-order chi connectivity index (χ1) is 4.18. The monoisotopic (exact) mass is 149 g/mol. The fourth-order valence-electron chi connectivity index (χ4n) is 0.636. The molecule has 4 heteroatoms. The smallest absolute Gasteiger partial charge is 0.194 e. The van der Waals surface area contributed by atoms with Crippen molar-refractivity contribution in [3.8, 4) is 0 Å². The molecule has 0 aliphatic carbocycles. The van der Waals surface area contributed by atoms with Gasteiger partial charge in [0, 0.05) is 14.2 Å². The van der Waals surface area contributed by atoms with Crippen LogP contribution in [0.4, 0.5) is 0 Å². The summed E-state index contributed by atoms with van der Waals surface area (Å²) in [5.41, 5.74) is 4.90. The van der Waals surface area contributed by atoms with Crippen LogP contribution in [-0.2, 0) is 9.47 Å². The Hall–Kier alpha value is 0.0969. The summed E-state index contributed by atoms with van der Waals surface area (Å²) in [6.07, 6.45) is 0. The third-order valence-electron chi connectivity index (χ3n) is 1.29. The second-order valence-corrected chi connectivity index (χ2v) is 4.46. The summed E-state index contributed by atoms with van der Waals surface area (Å²) in [5.74, 6) is 0. The number of ether oxygens (including phenoxy) is 2. The van der Waals surface area contributed by atoms with Crippen molar-refractivity contribution in [2.45, 2.75) is 18.5 Å². The maximum Gasteiger partial charge on any atom is 0.194 e. The first-order valence-corrected chi connectivity index (χ1v) is 4.78. The Morgan fingerprint density at radius 2 is 1.89 bits per heavy atom. The number of nitrogens with two attached hydrogens (primary N) is 1. The molecule has 0 fully saturated rings. The van der Waals surface area contributed by atoms with E-state index in [-0.39, 0.29) is 0 Å². The second kappa shape index (κ2) is 4.00. The quantitative estimate of drug-likeness (QED) is 0.431. The van der Waals surface area contributed by atoms with Gasteiger partial charge in [0.05, 0.1) is 0 Å². The van der Waals surface area contributed by atoms with Crippen molar-refractivity contribution >= 4 is 9.52 Å². The van der Waals surface area contributed by atoms with Crippen LogP contribution in [0, 0.1) is 0 Å². The minimum Gasteiger partial charge on any atom is -0.345 e. The zero-order valence-corrected chi connectivity index (χ0v) is 7.72. The first-order valence-electron chi connectivity index (χ1n) is 3.07. The number of hydrogen-bond acceptors (Lipinski definition) is 3. The molecule has 0 unspecified atom stereocenters. The molecule has 0 saturated carbocycles. The third kappa shape index (κ3) is 2.95. The number of hydrogen-bond donors (Lipinski definition) is 1. The van der Waals surface area contributed by atoms with E-state index >= 15 is 0 Å². The SMILES string of the molecule is CC[SiH2]C(N)(OC)OC. The first kappa shape index (κ1) is 9.10. The molecule has 0 bridgehead atoms. The zero-order valence-electron chi connectivity index (χ0n) is 6.31. The van der Waals surface area contributed by atoms with Gasteiger partial charge in [-0.3, -0.25) is 5.73 Å². The molecule has 0 amide bonds. The highest BCUT2D eigenvalue weighted by Crippen LogP contribution is 2.00. The van der Waals surface area contributed by atoms with Gasteiger partial charge in [0.2, 0.25) is 0 Å². The van der Waals surface area contributed by atoms with E-state index in [0.29, 0.717) is 0 Å². The molecule has 0 radical (unpaired) electrons. The average molecular weight is 149 g/mol. The van der Waals surface area contributed by atoms with Crippen LogP contribution in [-0.4, -0.2) is 29.3 Å². The largest absolute Gasteiger partial charge is 0.345 e.